The van der Waals surface area contributed by atoms with Crippen molar-refractivity contribution in [2.45, 2.75) is 271 Å². The van der Waals surface area contributed by atoms with E-state index in [0.717, 1.165) is 37.1 Å². The molecule has 0 radical (unpaired) electrons. The zero-order valence-corrected chi connectivity index (χ0v) is 42.3. The first-order valence-corrected chi connectivity index (χ1v) is 28.0. The predicted molar refractivity (Wildman–Crippen MR) is 269 cm³/mol. The van der Waals surface area contributed by atoms with Crippen molar-refractivity contribution in [3.05, 3.63) is 87.5 Å². The van der Waals surface area contributed by atoms with Gasteiger partial charge in [-0.25, -0.2) is 4.70 Å². The maximum absolute atomic E-state index is 12.3. The fourth-order valence-corrected chi connectivity index (χ4v) is 9.87. The van der Waals surface area contributed by atoms with Crippen LogP contribution in [0.3, 0.4) is 0 Å². The van der Waals surface area contributed by atoms with Gasteiger partial charge < -0.3 is 5.53 Å². The Bertz CT molecular complexity index is 1430. The summed E-state index contributed by atoms with van der Waals surface area (Å²) >= 11 is 1.90. The molecule has 1 aliphatic heterocycles. The van der Waals surface area contributed by atoms with Gasteiger partial charge in [0.15, 0.2) is 0 Å². The van der Waals surface area contributed by atoms with Crippen molar-refractivity contribution in [3.63, 3.8) is 0 Å². The first-order chi connectivity index (χ1) is 30.1. The Hall–Kier alpha value is -1.99. The van der Waals surface area contributed by atoms with Gasteiger partial charge >= 0.3 is 51.9 Å². The van der Waals surface area contributed by atoms with Crippen molar-refractivity contribution in [1.82, 2.24) is 0 Å². The second-order valence-electron chi connectivity index (χ2n) is 18.3. The summed E-state index contributed by atoms with van der Waals surface area (Å²) in [6.45, 7) is 13.6. The van der Waals surface area contributed by atoms with Crippen LogP contribution in [0.15, 0.2) is 59.7 Å². The van der Waals surface area contributed by atoms with E-state index in [1.165, 1.54) is 237 Å². The van der Waals surface area contributed by atoms with Gasteiger partial charge in [-0.15, -0.1) is 0 Å². The molecule has 0 saturated carbocycles. The standard InChI is InChI=1S/C52H84N2.2C3H7.Ni/c1-5-9-13-17-18-19-20-21-22-23-24-25-26-27-28-32-42-50-49(41-31-16-12-8-4)51(47-39-33-37-45(43-47)35-29-14-10-6-2)54(53)52(50)48-40-34-38-46(44-48)36-30-15-11-7-3;2*1-3-2;/h33-34,37-40,43-44H,5-32,35-36,41-42H2,1-4H3;2*1,3H2,2H3;. The maximum atomic E-state index is 12.3. The van der Waals surface area contributed by atoms with Crippen LogP contribution in [-0.4, -0.2) is 4.70 Å². The molecule has 0 fully saturated rings. The Morgan fingerprint density at radius 2 is 0.656 bits per heavy atom. The summed E-state index contributed by atoms with van der Waals surface area (Å²) in [4.78, 5) is 0. The quantitative estimate of drug-likeness (QED) is 0.0365. The van der Waals surface area contributed by atoms with Crippen LogP contribution in [0.25, 0.3) is 16.9 Å². The Labute approximate surface area is 386 Å². The van der Waals surface area contributed by atoms with E-state index in [-0.39, 0.29) is 0 Å². The van der Waals surface area contributed by atoms with Crippen molar-refractivity contribution in [2.75, 3.05) is 0 Å². The van der Waals surface area contributed by atoms with Crippen molar-refractivity contribution in [2.24, 2.45) is 0 Å². The van der Waals surface area contributed by atoms with Gasteiger partial charge in [0.25, 0.3) is 0 Å². The number of hydrogen-bond acceptors (Lipinski definition) is 0. The second kappa shape index (κ2) is 38.5. The minimum absolute atomic E-state index is 1.04. The SMILES string of the molecule is CCCCCCCCCCCCCCCCCCC1=C(c2cccc(CCCCCC)c2)[N+](=[N-])C(c2cccc(CCCCCC)c2)=C1CCCCCC.CC[CH2][Ni][CH2]CC. The van der Waals surface area contributed by atoms with Crippen molar-refractivity contribution >= 4 is 11.4 Å². The number of benzene rings is 2. The van der Waals surface area contributed by atoms with Crippen LogP contribution in [0, 0.1) is 0 Å². The van der Waals surface area contributed by atoms with E-state index < -0.39 is 0 Å². The average Bonchev–Trinajstić information content (AvgIpc) is 3.55. The molecule has 3 rings (SSSR count). The summed E-state index contributed by atoms with van der Waals surface area (Å²) in [5.74, 6) is 0. The molecule has 1 heterocycles. The zero-order chi connectivity index (χ0) is 44.0. The fraction of sp³-hybridized carbons (Fsp3) is 0.724. The Balaban J connectivity index is 0.00000168. The number of nitrogens with zero attached hydrogens (tertiary/aromatic N) is 2. The van der Waals surface area contributed by atoms with E-state index in [9.17, 15) is 5.53 Å². The van der Waals surface area contributed by atoms with Crippen molar-refractivity contribution < 1.29 is 19.1 Å². The van der Waals surface area contributed by atoms with Crippen LogP contribution < -0.4 is 0 Å². The van der Waals surface area contributed by atoms with Gasteiger partial charge in [-0.2, -0.15) is 0 Å². The van der Waals surface area contributed by atoms with E-state index in [1.807, 2.05) is 14.4 Å². The molecule has 0 bridgehead atoms. The van der Waals surface area contributed by atoms with E-state index in [2.05, 4.69) is 90.1 Å². The first-order valence-electron chi connectivity index (χ1n) is 26.6. The zero-order valence-electron chi connectivity index (χ0n) is 41.3. The summed E-state index contributed by atoms with van der Waals surface area (Å²) in [6, 6.07) is 18.3. The molecule has 350 valence electrons. The van der Waals surface area contributed by atoms with E-state index in [1.54, 1.807) is 4.70 Å². The molecule has 2 aromatic carbocycles. The van der Waals surface area contributed by atoms with Crippen molar-refractivity contribution in [1.29, 1.82) is 0 Å². The molecular weight excluding hydrogens is 783 g/mol. The van der Waals surface area contributed by atoms with E-state index in [4.69, 9.17) is 0 Å². The predicted octanol–water partition coefficient (Wildman–Crippen LogP) is 20.4. The summed E-state index contributed by atoms with van der Waals surface area (Å²) < 4.78 is 1.63. The second-order valence-corrected chi connectivity index (χ2v) is 19.8. The van der Waals surface area contributed by atoms with Crippen LogP contribution >= 0.6 is 0 Å². The summed E-state index contributed by atoms with van der Waals surface area (Å²) in [5, 5.41) is 2.72. The fourth-order valence-electron chi connectivity index (χ4n) is 8.93. The van der Waals surface area contributed by atoms with Crippen LogP contribution in [0.1, 0.15) is 269 Å². The van der Waals surface area contributed by atoms with Gasteiger partial charge in [0.05, 0.1) is 0 Å². The number of hydrogen-bond donors (Lipinski definition) is 0. The molecule has 2 aromatic rings. The summed E-state index contributed by atoms with van der Waals surface area (Å²) in [6.07, 6.45) is 44.4. The number of unbranched alkanes of at least 4 members (excludes halogenated alkanes) is 24. The normalized spacial score (nSPS) is 12.9. The summed E-state index contributed by atoms with van der Waals surface area (Å²) in [7, 11) is 0. The van der Waals surface area contributed by atoms with Gasteiger partial charge in [-0.1, -0.05) is 206 Å². The van der Waals surface area contributed by atoms with Gasteiger partial charge in [-0.3, -0.25) is 0 Å². The van der Waals surface area contributed by atoms with E-state index >= 15 is 0 Å². The molecule has 61 heavy (non-hydrogen) atoms. The Morgan fingerprint density at radius 1 is 0.361 bits per heavy atom. The number of rotatable bonds is 38. The monoisotopic (exact) mass is 881 g/mol. The molecular formula is C58H98N2Ni. The molecule has 3 heteroatoms. The van der Waals surface area contributed by atoms with Crippen LogP contribution in [0.4, 0.5) is 0 Å². The third kappa shape index (κ3) is 24.6. The van der Waals surface area contributed by atoms with Gasteiger partial charge in [0, 0.05) is 22.3 Å². The Morgan fingerprint density at radius 3 is 0.984 bits per heavy atom. The third-order valence-electron chi connectivity index (χ3n) is 12.5. The minimum atomic E-state index is 1.04. The summed E-state index contributed by atoms with van der Waals surface area (Å²) in [5.41, 5.74) is 22.4. The molecule has 0 N–H and O–H groups in total. The number of aryl methyl sites for hydroxylation is 2. The molecule has 0 unspecified atom stereocenters. The molecule has 0 aromatic heterocycles. The molecule has 0 saturated heterocycles. The number of allylic oxidation sites excluding steroid dienone is 2. The molecule has 2 nitrogen and oxygen atoms in total. The third-order valence-corrected chi connectivity index (χ3v) is 14.2. The molecule has 0 atom stereocenters. The molecule has 1 aliphatic rings. The van der Waals surface area contributed by atoms with Gasteiger partial charge in [0.2, 0.25) is 11.4 Å². The van der Waals surface area contributed by atoms with Gasteiger partial charge in [-0.05, 0) is 86.8 Å². The molecule has 0 aliphatic carbocycles. The van der Waals surface area contributed by atoms with Crippen LogP contribution in [-0.2, 0) is 27.3 Å². The van der Waals surface area contributed by atoms with Gasteiger partial charge in [0.1, 0.15) is 0 Å². The molecule has 0 spiro atoms. The first kappa shape index (κ1) is 55.1. The average molecular weight is 882 g/mol. The van der Waals surface area contributed by atoms with Crippen LogP contribution in [0.2, 0.25) is 10.8 Å². The van der Waals surface area contributed by atoms with Crippen molar-refractivity contribution in [3.8, 4) is 0 Å². The molecule has 0 amide bonds. The van der Waals surface area contributed by atoms with Crippen LogP contribution in [0.5, 0.6) is 0 Å². The Kier molecular flexibility index (Phi) is 34.8. The van der Waals surface area contributed by atoms with E-state index in [0.29, 0.717) is 0 Å². The topological polar surface area (TPSA) is 25.3 Å².